The van der Waals surface area contributed by atoms with Gasteiger partial charge in [-0.3, -0.25) is 9.59 Å². The lowest BCUT2D eigenvalue weighted by Crippen LogP contribution is -2.55. The third kappa shape index (κ3) is 12.0. The van der Waals surface area contributed by atoms with Gasteiger partial charge < -0.3 is 20.3 Å². The zero-order valence-electron chi connectivity index (χ0n) is 25.1. The molecule has 37 heavy (non-hydrogen) atoms. The number of hydrogen-bond acceptors (Lipinski definition) is 4. The van der Waals surface area contributed by atoms with Gasteiger partial charge >= 0.3 is 6.09 Å². The predicted molar refractivity (Wildman–Crippen MR) is 150 cm³/mol. The van der Waals surface area contributed by atoms with Crippen molar-refractivity contribution in [2.45, 2.75) is 125 Å². The highest BCUT2D eigenvalue weighted by atomic mass is 16.6. The number of unbranched alkanes of at least 4 members (excludes halogenated alkanes) is 2. The van der Waals surface area contributed by atoms with Gasteiger partial charge in [0, 0.05) is 12.1 Å². The van der Waals surface area contributed by atoms with Crippen LogP contribution >= 0.6 is 0 Å². The second-order valence-corrected chi connectivity index (χ2v) is 12.6. The van der Waals surface area contributed by atoms with E-state index >= 15 is 0 Å². The van der Waals surface area contributed by atoms with Crippen LogP contribution in [-0.2, 0) is 14.3 Å². The Morgan fingerprint density at radius 3 is 1.97 bits per heavy atom. The average molecular weight is 518 g/mol. The Morgan fingerprint density at radius 1 is 0.946 bits per heavy atom. The molecule has 0 aliphatic carbocycles. The van der Waals surface area contributed by atoms with Crippen molar-refractivity contribution in [3.8, 4) is 0 Å². The molecule has 7 nitrogen and oxygen atoms in total. The molecule has 2 atom stereocenters. The fourth-order valence-electron chi connectivity index (χ4n) is 4.32. The first kappa shape index (κ1) is 32.5. The van der Waals surface area contributed by atoms with Crippen LogP contribution in [0, 0.1) is 19.8 Å². The Labute approximate surface area is 225 Å². The normalized spacial score (nSPS) is 13.6. The van der Waals surface area contributed by atoms with Crippen LogP contribution in [0.3, 0.4) is 0 Å². The van der Waals surface area contributed by atoms with E-state index in [9.17, 15) is 14.4 Å². The first-order valence-electron chi connectivity index (χ1n) is 13.6. The summed E-state index contributed by atoms with van der Waals surface area (Å²) >= 11 is 0. The zero-order valence-corrected chi connectivity index (χ0v) is 25.1. The second kappa shape index (κ2) is 13.8. The van der Waals surface area contributed by atoms with Gasteiger partial charge in [0.05, 0.1) is 0 Å². The molecule has 3 amide bonds. The molecular weight excluding hydrogens is 466 g/mol. The smallest absolute Gasteiger partial charge is 0.408 e. The van der Waals surface area contributed by atoms with Gasteiger partial charge in [-0.2, -0.15) is 0 Å². The van der Waals surface area contributed by atoms with Crippen LogP contribution < -0.4 is 10.6 Å². The van der Waals surface area contributed by atoms with E-state index in [4.69, 9.17) is 4.74 Å². The molecule has 0 heterocycles. The number of hydrogen-bond donors (Lipinski definition) is 2. The maximum atomic E-state index is 14.2. The van der Waals surface area contributed by atoms with Crippen molar-refractivity contribution in [3.05, 3.63) is 34.9 Å². The van der Waals surface area contributed by atoms with E-state index in [1.165, 1.54) is 0 Å². The fourth-order valence-corrected chi connectivity index (χ4v) is 4.32. The van der Waals surface area contributed by atoms with Gasteiger partial charge in [0.15, 0.2) is 0 Å². The van der Waals surface area contributed by atoms with Crippen molar-refractivity contribution < 1.29 is 19.1 Å². The number of nitrogens with zero attached hydrogens (tertiary/aromatic N) is 1. The molecule has 1 rings (SSSR count). The van der Waals surface area contributed by atoms with Crippen molar-refractivity contribution in [3.63, 3.8) is 0 Å². The van der Waals surface area contributed by atoms with Crippen molar-refractivity contribution in [1.29, 1.82) is 0 Å². The first-order valence-corrected chi connectivity index (χ1v) is 13.6. The van der Waals surface area contributed by atoms with Gasteiger partial charge in [0.1, 0.15) is 17.7 Å². The van der Waals surface area contributed by atoms with E-state index in [2.05, 4.69) is 23.6 Å². The molecule has 210 valence electrons. The monoisotopic (exact) mass is 517 g/mol. The molecule has 0 spiro atoms. The van der Waals surface area contributed by atoms with Gasteiger partial charge in [-0.15, -0.1) is 0 Å². The largest absolute Gasteiger partial charge is 0.444 e. The summed E-state index contributed by atoms with van der Waals surface area (Å²) in [5.41, 5.74) is 1.65. The topological polar surface area (TPSA) is 87.7 Å². The highest BCUT2D eigenvalue weighted by Gasteiger charge is 2.37. The molecule has 2 unspecified atom stereocenters. The Kier molecular flexibility index (Phi) is 12.1. The molecule has 0 saturated heterocycles. The van der Waals surface area contributed by atoms with Gasteiger partial charge in [-0.1, -0.05) is 62.9 Å². The molecule has 2 N–H and O–H groups in total. The molecule has 0 saturated carbocycles. The van der Waals surface area contributed by atoms with Crippen molar-refractivity contribution in [2.75, 3.05) is 6.54 Å². The number of benzene rings is 1. The van der Waals surface area contributed by atoms with Crippen LogP contribution in [0.15, 0.2) is 18.2 Å². The Morgan fingerprint density at radius 2 is 1.51 bits per heavy atom. The average Bonchev–Trinajstić information content (AvgIpc) is 2.68. The summed E-state index contributed by atoms with van der Waals surface area (Å²) in [6, 6.07) is 4.36. The summed E-state index contributed by atoms with van der Waals surface area (Å²) < 4.78 is 5.47. The standard InChI is InChI=1S/C30H51N3O4/c1-12-13-14-15-33(27(35)24(16-20(2)3)31-28(36)37-30(9,10)11)25(26(34)32-29(6,7)8)23-18-21(4)17-22(5)19-23/h17-20,24-25H,12-16H2,1-11H3,(H,31,36)(H,32,34). The number of carbonyl (C=O) groups excluding carboxylic acids is 3. The number of rotatable bonds is 11. The molecule has 0 bridgehead atoms. The number of nitrogens with one attached hydrogen (secondary N) is 2. The highest BCUT2D eigenvalue weighted by Crippen LogP contribution is 2.27. The summed E-state index contributed by atoms with van der Waals surface area (Å²) in [6.07, 6.45) is 2.46. The third-order valence-corrected chi connectivity index (χ3v) is 5.60. The van der Waals surface area contributed by atoms with E-state index in [0.717, 1.165) is 36.0 Å². The second-order valence-electron chi connectivity index (χ2n) is 12.6. The molecule has 1 aromatic carbocycles. The minimum atomic E-state index is -0.822. The predicted octanol–water partition coefficient (Wildman–Crippen LogP) is 6.22. The van der Waals surface area contributed by atoms with Crippen LogP contribution in [0.5, 0.6) is 0 Å². The van der Waals surface area contributed by atoms with Crippen LogP contribution in [0.2, 0.25) is 0 Å². The number of alkyl carbamates (subject to hydrolysis) is 1. The SMILES string of the molecule is CCCCCN(C(=O)C(CC(C)C)NC(=O)OC(C)(C)C)C(C(=O)NC(C)(C)C)c1cc(C)cc(C)c1. The molecule has 0 aliphatic rings. The molecule has 0 fully saturated rings. The van der Waals surface area contributed by atoms with Crippen LogP contribution in [0.1, 0.15) is 111 Å². The summed E-state index contributed by atoms with van der Waals surface area (Å²) in [4.78, 5) is 42.4. The third-order valence-electron chi connectivity index (χ3n) is 5.60. The maximum absolute atomic E-state index is 14.2. The van der Waals surface area contributed by atoms with Crippen molar-refractivity contribution in [1.82, 2.24) is 15.5 Å². The van der Waals surface area contributed by atoms with Gasteiger partial charge in [0.2, 0.25) is 11.8 Å². The number of amides is 3. The van der Waals surface area contributed by atoms with Gasteiger partial charge in [0.25, 0.3) is 0 Å². The first-order chi connectivity index (χ1) is 16.9. The molecule has 0 aromatic heterocycles. The minimum Gasteiger partial charge on any atom is -0.444 e. The highest BCUT2D eigenvalue weighted by molar-refractivity contribution is 5.92. The minimum absolute atomic E-state index is 0.143. The van der Waals surface area contributed by atoms with E-state index in [1.807, 2.05) is 60.6 Å². The lowest BCUT2D eigenvalue weighted by atomic mass is 9.95. The van der Waals surface area contributed by atoms with Crippen LogP contribution in [-0.4, -0.2) is 46.5 Å². The molecule has 0 aliphatic heterocycles. The van der Waals surface area contributed by atoms with E-state index in [0.29, 0.717) is 13.0 Å². The summed E-state index contributed by atoms with van der Waals surface area (Å²) in [5.74, 6) is -0.365. The number of carbonyl (C=O) groups is 3. The zero-order chi connectivity index (χ0) is 28.6. The Hall–Kier alpha value is -2.57. The summed E-state index contributed by atoms with van der Waals surface area (Å²) in [7, 11) is 0. The lowest BCUT2D eigenvalue weighted by Gasteiger charge is -2.36. The number of ether oxygens (including phenoxy) is 1. The van der Waals surface area contributed by atoms with Crippen LogP contribution in [0.25, 0.3) is 0 Å². The lowest BCUT2D eigenvalue weighted by molar-refractivity contribution is -0.143. The molecule has 7 heteroatoms. The van der Waals surface area contributed by atoms with Crippen molar-refractivity contribution in [2.24, 2.45) is 5.92 Å². The quantitative estimate of drug-likeness (QED) is 0.341. The molecular formula is C30H51N3O4. The Bertz CT molecular complexity index is 892. The fraction of sp³-hybridized carbons (Fsp3) is 0.700. The van der Waals surface area contributed by atoms with Crippen LogP contribution in [0.4, 0.5) is 4.79 Å². The number of aryl methyl sites for hydroxylation is 2. The molecule has 0 radical (unpaired) electrons. The van der Waals surface area contributed by atoms with Gasteiger partial charge in [-0.05, 0) is 79.7 Å². The molecule has 1 aromatic rings. The van der Waals surface area contributed by atoms with E-state index in [1.54, 1.807) is 25.7 Å². The van der Waals surface area contributed by atoms with E-state index in [-0.39, 0.29) is 17.7 Å². The summed E-state index contributed by atoms with van der Waals surface area (Å²) in [5, 5.41) is 5.90. The summed E-state index contributed by atoms with van der Waals surface area (Å²) in [6.45, 7) is 21.7. The maximum Gasteiger partial charge on any atom is 0.408 e. The van der Waals surface area contributed by atoms with Gasteiger partial charge in [-0.25, -0.2) is 4.79 Å². The van der Waals surface area contributed by atoms with E-state index < -0.39 is 29.3 Å². The van der Waals surface area contributed by atoms with Crippen molar-refractivity contribution >= 4 is 17.9 Å². The Balaban J connectivity index is 3.59.